The topological polar surface area (TPSA) is 71.5 Å². The van der Waals surface area contributed by atoms with E-state index in [0.717, 1.165) is 27.8 Å². The molecule has 0 unspecified atom stereocenters. The molecular weight excluding hydrogens is 458 g/mol. The maximum Gasteiger partial charge on any atom is 0.254 e. The second kappa shape index (κ2) is 10.3. The lowest BCUT2D eigenvalue weighted by Gasteiger charge is -2.31. The fourth-order valence-electron chi connectivity index (χ4n) is 4.55. The number of nitrogens with one attached hydrogen (secondary N) is 1. The molecule has 1 aromatic heterocycles. The van der Waals surface area contributed by atoms with Crippen LogP contribution >= 0.6 is 11.3 Å². The van der Waals surface area contributed by atoms with Crippen LogP contribution in [0.25, 0.3) is 22.0 Å². The van der Waals surface area contributed by atoms with E-state index >= 15 is 0 Å². The van der Waals surface area contributed by atoms with Crippen molar-refractivity contribution >= 4 is 39.1 Å². The lowest BCUT2D eigenvalue weighted by Crippen LogP contribution is -2.41. The molecule has 2 amide bonds. The number of anilines is 1. The summed E-state index contributed by atoms with van der Waals surface area (Å²) >= 11 is 1.40. The number of amides is 2. The van der Waals surface area contributed by atoms with Gasteiger partial charge in [0.1, 0.15) is 5.75 Å². The summed E-state index contributed by atoms with van der Waals surface area (Å²) in [5, 5.41) is 7.50. The van der Waals surface area contributed by atoms with Gasteiger partial charge in [0.2, 0.25) is 5.91 Å². The van der Waals surface area contributed by atoms with Gasteiger partial charge in [-0.2, -0.15) is 0 Å². The fraction of sp³-hybridized carbons (Fsp3) is 0.250. The van der Waals surface area contributed by atoms with Gasteiger partial charge in [-0.3, -0.25) is 9.59 Å². The van der Waals surface area contributed by atoms with Crippen molar-refractivity contribution in [1.29, 1.82) is 0 Å². The molecule has 0 radical (unpaired) electrons. The third-order valence-electron chi connectivity index (χ3n) is 6.37. The molecule has 0 bridgehead atoms. The van der Waals surface area contributed by atoms with Crippen molar-refractivity contribution in [3.05, 3.63) is 77.7 Å². The summed E-state index contributed by atoms with van der Waals surface area (Å²) in [5.74, 6) is 0.621. The van der Waals surface area contributed by atoms with Crippen LogP contribution in [0.15, 0.2) is 72.1 Å². The van der Waals surface area contributed by atoms with Crippen molar-refractivity contribution in [3.63, 3.8) is 0 Å². The third-order valence-corrected chi connectivity index (χ3v) is 7.13. The van der Waals surface area contributed by atoms with Crippen LogP contribution in [0.1, 0.15) is 30.1 Å². The molecule has 3 aromatic carbocycles. The molecule has 5 rings (SSSR count). The van der Waals surface area contributed by atoms with Crippen molar-refractivity contribution in [3.8, 4) is 17.0 Å². The largest absolute Gasteiger partial charge is 0.493 e. The van der Waals surface area contributed by atoms with Crippen LogP contribution in [0, 0.1) is 5.92 Å². The number of para-hydroxylation sites is 1. The number of thiazole rings is 1. The van der Waals surface area contributed by atoms with Gasteiger partial charge in [-0.15, -0.1) is 11.3 Å². The smallest absolute Gasteiger partial charge is 0.254 e. The van der Waals surface area contributed by atoms with Gasteiger partial charge in [-0.1, -0.05) is 48.5 Å². The normalized spacial score (nSPS) is 14.1. The molecule has 0 aliphatic carbocycles. The molecule has 7 heteroatoms. The van der Waals surface area contributed by atoms with Gasteiger partial charge < -0.3 is 15.0 Å². The maximum absolute atomic E-state index is 13.2. The van der Waals surface area contributed by atoms with Gasteiger partial charge in [0.25, 0.3) is 5.91 Å². The van der Waals surface area contributed by atoms with E-state index in [2.05, 4.69) is 10.3 Å². The number of likely N-dealkylation sites (tertiary alicyclic amines) is 1. The van der Waals surface area contributed by atoms with E-state index in [-0.39, 0.29) is 17.7 Å². The molecule has 35 heavy (non-hydrogen) atoms. The molecule has 1 fully saturated rings. The zero-order chi connectivity index (χ0) is 24.2. The van der Waals surface area contributed by atoms with Gasteiger partial charge in [0.05, 0.1) is 12.3 Å². The van der Waals surface area contributed by atoms with E-state index in [0.29, 0.717) is 43.2 Å². The molecule has 2 heterocycles. The summed E-state index contributed by atoms with van der Waals surface area (Å²) in [7, 11) is 0. The molecule has 1 aliphatic heterocycles. The maximum atomic E-state index is 13.2. The van der Waals surface area contributed by atoms with Crippen molar-refractivity contribution in [2.45, 2.75) is 19.8 Å². The van der Waals surface area contributed by atoms with Crippen LogP contribution in [-0.2, 0) is 4.79 Å². The Labute approximate surface area is 208 Å². The highest BCUT2D eigenvalue weighted by molar-refractivity contribution is 7.14. The van der Waals surface area contributed by atoms with E-state index in [4.69, 9.17) is 4.74 Å². The highest BCUT2D eigenvalue weighted by Crippen LogP contribution is 2.32. The summed E-state index contributed by atoms with van der Waals surface area (Å²) < 4.78 is 5.71. The first-order valence-corrected chi connectivity index (χ1v) is 12.8. The summed E-state index contributed by atoms with van der Waals surface area (Å²) in [5.41, 5.74) is 2.41. The van der Waals surface area contributed by atoms with E-state index in [1.807, 2.05) is 83.9 Å². The Balaban J connectivity index is 1.21. The van der Waals surface area contributed by atoms with Crippen molar-refractivity contribution in [1.82, 2.24) is 9.88 Å². The summed E-state index contributed by atoms with van der Waals surface area (Å²) in [6.07, 6.45) is 1.27. The van der Waals surface area contributed by atoms with Gasteiger partial charge in [0.15, 0.2) is 5.13 Å². The van der Waals surface area contributed by atoms with Crippen LogP contribution in [-0.4, -0.2) is 41.4 Å². The second-order valence-corrected chi connectivity index (χ2v) is 9.41. The number of aromatic nitrogens is 1. The highest BCUT2D eigenvalue weighted by Gasteiger charge is 2.29. The number of rotatable bonds is 6. The lowest BCUT2D eigenvalue weighted by atomic mass is 9.95. The minimum atomic E-state index is -0.144. The number of piperidine rings is 1. The second-order valence-electron chi connectivity index (χ2n) is 8.55. The van der Waals surface area contributed by atoms with Crippen LogP contribution in [0.4, 0.5) is 5.13 Å². The third kappa shape index (κ3) is 4.91. The molecular formula is C28H27N3O3S. The van der Waals surface area contributed by atoms with Gasteiger partial charge in [-0.25, -0.2) is 4.98 Å². The molecule has 1 N–H and O–H groups in total. The molecule has 4 aromatic rings. The summed E-state index contributed by atoms with van der Waals surface area (Å²) in [4.78, 5) is 32.6. The van der Waals surface area contributed by atoms with Crippen LogP contribution in [0.2, 0.25) is 0 Å². The Morgan fingerprint density at radius 1 is 1.03 bits per heavy atom. The van der Waals surface area contributed by atoms with E-state index in [1.54, 1.807) is 0 Å². The Morgan fingerprint density at radius 3 is 2.60 bits per heavy atom. The summed E-state index contributed by atoms with van der Waals surface area (Å²) in [6.45, 7) is 3.65. The first-order valence-electron chi connectivity index (χ1n) is 11.9. The van der Waals surface area contributed by atoms with Crippen molar-refractivity contribution in [2.75, 3.05) is 25.0 Å². The number of hydrogen-bond donors (Lipinski definition) is 1. The van der Waals surface area contributed by atoms with E-state index < -0.39 is 0 Å². The molecule has 0 atom stereocenters. The highest BCUT2D eigenvalue weighted by atomic mass is 32.1. The Bertz CT molecular complexity index is 1350. The monoisotopic (exact) mass is 485 g/mol. The quantitative estimate of drug-likeness (QED) is 0.372. The Hall–Kier alpha value is -3.71. The van der Waals surface area contributed by atoms with E-state index in [9.17, 15) is 9.59 Å². The van der Waals surface area contributed by atoms with E-state index in [1.165, 1.54) is 11.3 Å². The number of fused-ring (bicyclic) bond motifs is 1. The van der Waals surface area contributed by atoms with Crippen LogP contribution in [0.3, 0.4) is 0 Å². The first-order chi connectivity index (χ1) is 17.1. The van der Waals surface area contributed by atoms with Gasteiger partial charge in [0, 0.05) is 35.5 Å². The number of hydrogen-bond acceptors (Lipinski definition) is 5. The minimum Gasteiger partial charge on any atom is -0.493 e. The number of nitrogens with zero attached hydrogens (tertiary/aromatic N) is 2. The van der Waals surface area contributed by atoms with Gasteiger partial charge >= 0.3 is 0 Å². The molecule has 1 saturated heterocycles. The lowest BCUT2D eigenvalue weighted by molar-refractivity contribution is -0.121. The predicted octanol–water partition coefficient (Wildman–Crippen LogP) is 5.85. The predicted molar refractivity (Wildman–Crippen MR) is 140 cm³/mol. The number of benzene rings is 3. The SMILES string of the molecule is CCOc1ccccc1-c1csc(NC(=O)C2CCN(C(=O)c3cccc4ccccc34)CC2)n1. The zero-order valence-electron chi connectivity index (χ0n) is 19.6. The van der Waals surface area contributed by atoms with Crippen molar-refractivity contribution < 1.29 is 14.3 Å². The van der Waals surface area contributed by atoms with Crippen LogP contribution < -0.4 is 10.1 Å². The Kier molecular flexibility index (Phi) is 6.77. The molecule has 6 nitrogen and oxygen atoms in total. The molecule has 0 saturated carbocycles. The number of carbonyl (C=O) groups is 2. The Morgan fingerprint density at radius 2 is 1.77 bits per heavy atom. The zero-order valence-corrected chi connectivity index (χ0v) is 20.4. The van der Waals surface area contributed by atoms with Gasteiger partial charge in [-0.05, 0) is 48.7 Å². The first kappa shape index (κ1) is 23.1. The number of ether oxygens (including phenoxy) is 1. The molecule has 178 valence electrons. The number of carbonyl (C=O) groups excluding carboxylic acids is 2. The van der Waals surface area contributed by atoms with Crippen LogP contribution in [0.5, 0.6) is 5.75 Å². The molecule has 1 aliphatic rings. The average Bonchev–Trinajstić information content (AvgIpc) is 3.36. The average molecular weight is 486 g/mol. The standard InChI is InChI=1S/C28H27N3O3S/c1-2-34-25-13-6-5-11-23(25)24-18-35-28(29-24)30-26(32)20-14-16-31(17-15-20)27(33)22-12-7-9-19-8-3-4-10-21(19)22/h3-13,18,20H,2,14-17H2,1H3,(H,29,30,32). The fourth-order valence-corrected chi connectivity index (χ4v) is 5.26. The van der Waals surface area contributed by atoms with Crippen molar-refractivity contribution in [2.24, 2.45) is 5.92 Å². The minimum absolute atomic E-state index is 0.0261. The molecule has 0 spiro atoms. The summed E-state index contributed by atoms with van der Waals surface area (Å²) in [6, 6.07) is 21.5.